The Hall–Kier alpha value is -1.97. The molecule has 0 saturated carbocycles. The van der Waals surface area contributed by atoms with E-state index in [-0.39, 0.29) is 24.0 Å². The fourth-order valence-electron chi connectivity index (χ4n) is 3.53. The number of aliphatic imine (C=N–C) groups is 1. The smallest absolute Gasteiger partial charge is 0.194 e. The number of halogens is 1. The predicted molar refractivity (Wildman–Crippen MR) is 128 cm³/mol. The lowest BCUT2D eigenvalue weighted by molar-refractivity contribution is 0.372. The molecule has 0 atom stereocenters. The summed E-state index contributed by atoms with van der Waals surface area (Å²) in [5.74, 6) is 2.77. The summed E-state index contributed by atoms with van der Waals surface area (Å²) >= 11 is 0. The highest BCUT2D eigenvalue weighted by Crippen LogP contribution is 2.20. The van der Waals surface area contributed by atoms with Crippen LogP contribution in [0.5, 0.6) is 5.75 Å². The van der Waals surface area contributed by atoms with Gasteiger partial charge in [-0.15, -0.1) is 24.0 Å². The molecular weight excluding hydrogens is 481 g/mol. The minimum Gasteiger partial charge on any atom is -0.497 e. The van der Waals surface area contributed by atoms with Gasteiger partial charge >= 0.3 is 0 Å². The third-order valence-electron chi connectivity index (χ3n) is 5.16. The van der Waals surface area contributed by atoms with Gasteiger partial charge in [-0.1, -0.05) is 5.16 Å². The van der Waals surface area contributed by atoms with Gasteiger partial charge in [-0.2, -0.15) is 0 Å². The van der Waals surface area contributed by atoms with Crippen molar-refractivity contribution in [1.29, 1.82) is 0 Å². The number of aryl methyl sites for hydroxylation is 2. The third kappa shape index (κ3) is 6.01. The number of guanidine groups is 1. The van der Waals surface area contributed by atoms with Crippen LogP contribution in [0.2, 0.25) is 0 Å². The monoisotopic (exact) mass is 513 g/mol. The number of hydrogen-bond acceptors (Lipinski definition) is 5. The van der Waals surface area contributed by atoms with E-state index in [2.05, 4.69) is 39.3 Å². The molecule has 1 fully saturated rings. The van der Waals surface area contributed by atoms with Crippen LogP contribution in [0.3, 0.4) is 0 Å². The van der Waals surface area contributed by atoms with Gasteiger partial charge in [-0.3, -0.25) is 4.99 Å². The Morgan fingerprint density at radius 3 is 2.41 bits per heavy atom. The fraction of sp³-hybridized carbons (Fsp3) is 0.524. The molecule has 0 aliphatic carbocycles. The van der Waals surface area contributed by atoms with Crippen LogP contribution in [0.4, 0.5) is 5.69 Å². The zero-order chi connectivity index (χ0) is 19.9. The molecule has 0 spiro atoms. The second kappa shape index (κ2) is 11.3. The molecule has 160 valence electrons. The summed E-state index contributed by atoms with van der Waals surface area (Å²) in [4.78, 5) is 9.59. The Labute approximate surface area is 190 Å². The Kier molecular flexibility index (Phi) is 9.06. The number of nitrogens with one attached hydrogen (secondary N) is 1. The van der Waals surface area contributed by atoms with Gasteiger partial charge in [0.25, 0.3) is 0 Å². The zero-order valence-electron chi connectivity index (χ0n) is 17.8. The van der Waals surface area contributed by atoms with Crippen LogP contribution in [0.1, 0.15) is 23.9 Å². The molecule has 1 aromatic carbocycles. The molecule has 7 nitrogen and oxygen atoms in total. The molecule has 2 heterocycles. The van der Waals surface area contributed by atoms with E-state index in [1.807, 2.05) is 26.0 Å². The molecule has 1 aliphatic rings. The van der Waals surface area contributed by atoms with E-state index in [0.717, 1.165) is 68.9 Å². The molecule has 0 bridgehead atoms. The summed E-state index contributed by atoms with van der Waals surface area (Å²) in [5.41, 5.74) is 3.37. The largest absolute Gasteiger partial charge is 0.497 e. The SMILES string of the molecule is CCNC(=NCCc1c(C)noc1C)N1CCN(c2ccc(OC)cc2)CC1.I. The Bertz CT molecular complexity index is 763. The molecule has 29 heavy (non-hydrogen) atoms. The number of rotatable bonds is 6. The summed E-state index contributed by atoms with van der Waals surface area (Å²) in [6.07, 6.45) is 0.849. The van der Waals surface area contributed by atoms with E-state index in [1.165, 1.54) is 11.3 Å². The van der Waals surface area contributed by atoms with Gasteiger partial charge in [0.1, 0.15) is 11.5 Å². The van der Waals surface area contributed by atoms with Crippen molar-refractivity contribution in [3.63, 3.8) is 0 Å². The van der Waals surface area contributed by atoms with Gasteiger partial charge in [0.2, 0.25) is 0 Å². The second-order valence-electron chi connectivity index (χ2n) is 6.96. The van der Waals surface area contributed by atoms with E-state index in [4.69, 9.17) is 14.3 Å². The van der Waals surface area contributed by atoms with Crippen LogP contribution >= 0.6 is 24.0 Å². The van der Waals surface area contributed by atoms with Crippen molar-refractivity contribution in [3.05, 3.63) is 41.3 Å². The molecule has 2 aromatic rings. The summed E-state index contributed by atoms with van der Waals surface area (Å²) in [5, 5.41) is 7.46. The number of nitrogens with zero attached hydrogens (tertiary/aromatic N) is 4. The first-order valence-electron chi connectivity index (χ1n) is 9.96. The molecule has 1 saturated heterocycles. The van der Waals surface area contributed by atoms with Crippen molar-refractivity contribution >= 4 is 35.6 Å². The standard InChI is InChI=1S/C21H31N5O2.HI/c1-5-22-21(23-11-10-20-16(2)24-28-17(20)3)26-14-12-25(13-15-26)18-6-8-19(27-4)9-7-18;/h6-9H,5,10-15H2,1-4H3,(H,22,23);1H. The fourth-order valence-corrected chi connectivity index (χ4v) is 3.53. The number of anilines is 1. The Balaban J connectivity index is 0.00000300. The Morgan fingerprint density at radius 2 is 1.86 bits per heavy atom. The predicted octanol–water partition coefficient (Wildman–Crippen LogP) is 3.25. The molecule has 1 N–H and O–H groups in total. The normalized spacial score (nSPS) is 14.6. The van der Waals surface area contributed by atoms with E-state index in [0.29, 0.717) is 0 Å². The quantitative estimate of drug-likeness (QED) is 0.364. The van der Waals surface area contributed by atoms with Crippen LogP contribution in [0, 0.1) is 13.8 Å². The van der Waals surface area contributed by atoms with E-state index in [9.17, 15) is 0 Å². The number of piperazine rings is 1. The van der Waals surface area contributed by atoms with Crippen molar-refractivity contribution in [1.82, 2.24) is 15.4 Å². The van der Waals surface area contributed by atoms with Crippen LogP contribution in [-0.2, 0) is 6.42 Å². The average Bonchev–Trinajstić information content (AvgIpc) is 3.05. The first-order chi connectivity index (χ1) is 13.6. The van der Waals surface area contributed by atoms with Crippen LogP contribution < -0.4 is 15.0 Å². The third-order valence-corrected chi connectivity index (χ3v) is 5.16. The highest BCUT2D eigenvalue weighted by molar-refractivity contribution is 14.0. The van der Waals surface area contributed by atoms with Gasteiger partial charge in [0.05, 0.1) is 12.8 Å². The second-order valence-corrected chi connectivity index (χ2v) is 6.96. The number of hydrogen-bond donors (Lipinski definition) is 1. The van der Waals surface area contributed by atoms with E-state index < -0.39 is 0 Å². The van der Waals surface area contributed by atoms with Crippen molar-refractivity contribution < 1.29 is 9.26 Å². The molecule has 8 heteroatoms. The van der Waals surface area contributed by atoms with Gasteiger partial charge in [0, 0.05) is 50.5 Å². The van der Waals surface area contributed by atoms with Crippen LogP contribution in [0.25, 0.3) is 0 Å². The molecule has 0 amide bonds. The molecule has 0 unspecified atom stereocenters. The van der Waals surface area contributed by atoms with E-state index in [1.54, 1.807) is 7.11 Å². The number of benzene rings is 1. The number of ether oxygens (including phenoxy) is 1. The van der Waals surface area contributed by atoms with Crippen molar-refractivity contribution in [2.24, 2.45) is 4.99 Å². The first kappa shape index (κ1) is 23.3. The topological polar surface area (TPSA) is 66.1 Å². The highest BCUT2D eigenvalue weighted by atomic mass is 127. The molecular formula is C21H32IN5O2. The average molecular weight is 513 g/mol. The maximum absolute atomic E-state index is 5.25. The summed E-state index contributed by atoms with van der Waals surface area (Å²) < 4.78 is 10.5. The van der Waals surface area contributed by atoms with Crippen LogP contribution in [0.15, 0.2) is 33.8 Å². The summed E-state index contributed by atoms with van der Waals surface area (Å²) in [6, 6.07) is 8.28. The molecule has 3 rings (SSSR count). The Morgan fingerprint density at radius 1 is 1.17 bits per heavy atom. The lowest BCUT2D eigenvalue weighted by Gasteiger charge is -2.37. The van der Waals surface area contributed by atoms with E-state index >= 15 is 0 Å². The highest BCUT2D eigenvalue weighted by Gasteiger charge is 2.20. The molecule has 1 aromatic heterocycles. The first-order valence-corrected chi connectivity index (χ1v) is 9.96. The van der Waals surface area contributed by atoms with Crippen LogP contribution in [-0.4, -0.2) is 62.4 Å². The van der Waals surface area contributed by atoms with Gasteiger partial charge in [-0.05, 0) is 51.5 Å². The number of methoxy groups -OCH3 is 1. The summed E-state index contributed by atoms with van der Waals surface area (Å²) in [7, 11) is 1.70. The lowest BCUT2D eigenvalue weighted by atomic mass is 10.1. The number of aromatic nitrogens is 1. The van der Waals surface area contributed by atoms with Crippen molar-refractivity contribution in [2.45, 2.75) is 27.2 Å². The molecule has 1 aliphatic heterocycles. The summed E-state index contributed by atoms with van der Waals surface area (Å²) in [6.45, 7) is 11.5. The maximum Gasteiger partial charge on any atom is 0.194 e. The minimum atomic E-state index is 0. The van der Waals surface area contributed by atoms with Gasteiger partial charge in [0.15, 0.2) is 5.96 Å². The minimum absolute atomic E-state index is 0. The van der Waals surface area contributed by atoms with Crippen molar-refractivity contribution in [3.8, 4) is 5.75 Å². The molecule has 0 radical (unpaired) electrons. The van der Waals surface area contributed by atoms with Gasteiger partial charge < -0.3 is 24.4 Å². The zero-order valence-corrected chi connectivity index (χ0v) is 20.1. The maximum atomic E-state index is 5.25. The van der Waals surface area contributed by atoms with Crippen molar-refractivity contribution in [2.75, 3.05) is 51.3 Å². The lowest BCUT2D eigenvalue weighted by Crippen LogP contribution is -2.52. The van der Waals surface area contributed by atoms with Gasteiger partial charge in [-0.25, -0.2) is 0 Å².